The molecule has 1 fully saturated rings. The SMILES string of the molecule is CCCCNC(=O)C1CCCN(C(=O)c2ccc(CN)cc2)C1. The fourth-order valence-electron chi connectivity index (χ4n) is 2.87. The standard InChI is InChI=1S/C18H27N3O2/c1-2-3-10-20-17(22)16-5-4-11-21(13-16)18(23)15-8-6-14(12-19)7-9-15/h6-9,16H,2-5,10-13,19H2,1H3,(H,20,22). The minimum absolute atomic E-state index is 0.000343. The average Bonchev–Trinajstić information content (AvgIpc) is 2.61. The van der Waals surface area contributed by atoms with E-state index in [-0.39, 0.29) is 17.7 Å². The summed E-state index contributed by atoms with van der Waals surface area (Å²) < 4.78 is 0. The Morgan fingerprint density at radius 3 is 2.70 bits per heavy atom. The van der Waals surface area contributed by atoms with Gasteiger partial charge in [-0.3, -0.25) is 9.59 Å². The predicted molar refractivity (Wildman–Crippen MR) is 90.9 cm³/mol. The third-order valence-electron chi connectivity index (χ3n) is 4.35. The van der Waals surface area contributed by atoms with Crippen LogP contribution in [0.4, 0.5) is 0 Å². The quantitative estimate of drug-likeness (QED) is 0.787. The predicted octanol–water partition coefficient (Wildman–Crippen LogP) is 1.91. The van der Waals surface area contributed by atoms with Gasteiger partial charge in [0.1, 0.15) is 0 Å². The number of piperidine rings is 1. The van der Waals surface area contributed by atoms with Crippen LogP contribution in [0.5, 0.6) is 0 Å². The first-order chi connectivity index (χ1) is 11.2. The number of likely N-dealkylation sites (tertiary alicyclic amines) is 1. The summed E-state index contributed by atoms with van der Waals surface area (Å²) in [6.45, 7) is 4.52. The summed E-state index contributed by atoms with van der Waals surface area (Å²) >= 11 is 0. The Morgan fingerprint density at radius 2 is 2.04 bits per heavy atom. The van der Waals surface area contributed by atoms with Gasteiger partial charge in [-0.15, -0.1) is 0 Å². The highest BCUT2D eigenvalue weighted by atomic mass is 16.2. The Hall–Kier alpha value is -1.88. The summed E-state index contributed by atoms with van der Waals surface area (Å²) in [6, 6.07) is 7.39. The van der Waals surface area contributed by atoms with Gasteiger partial charge in [-0.25, -0.2) is 0 Å². The number of rotatable bonds is 6. The molecule has 1 aromatic rings. The van der Waals surface area contributed by atoms with Crippen molar-refractivity contribution in [3.05, 3.63) is 35.4 Å². The summed E-state index contributed by atoms with van der Waals surface area (Å²) in [5, 5.41) is 2.98. The van der Waals surface area contributed by atoms with Crippen LogP contribution in [0.3, 0.4) is 0 Å². The lowest BCUT2D eigenvalue weighted by Crippen LogP contribution is -2.45. The molecule has 1 aromatic carbocycles. The molecule has 126 valence electrons. The maximum atomic E-state index is 12.6. The molecule has 1 aliphatic rings. The molecule has 2 amide bonds. The van der Waals surface area contributed by atoms with Crippen LogP contribution in [-0.4, -0.2) is 36.3 Å². The highest BCUT2D eigenvalue weighted by Crippen LogP contribution is 2.19. The molecule has 1 atom stereocenters. The van der Waals surface area contributed by atoms with Crippen molar-refractivity contribution < 1.29 is 9.59 Å². The van der Waals surface area contributed by atoms with E-state index in [1.165, 1.54) is 0 Å². The van der Waals surface area contributed by atoms with Crippen LogP contribution in [0, 0.1) is 5.92 Å². The van der Waals surface area contributed by atoms with Crippen molar-refractivity contribution in [3.63, 3.8) is 0 Å². The summed E-state index contributed by atoms with van der Waals surface area (Å²) in [4.78, 5) is 26.6. The molecule has 5 nitrogen and oxygen atoms in total. The third kappa shape index (κ3) is 4.79. The molecule has 3 N–H and O–H groups in total. The maximum absolute atomic E-state index is 12.6. The van der Waals surface area contributed by atoms with Crippen molar-refractivity contribution in [3.8, 4) is 0 Å². The lowest BCUT2D eigenvalue weighted by Gasteiger charge is -2.32. The van der Waals surface area contributed by atoms with Gasteiger partial charge in [0, 0.05) is 31.7 Å². The largest absolute Gasteiger partial charge is 0.356 e. The van der Waals surface area contributed by atoms with Crippen molar-refractivity contribution in [1.29, 1.82) is 0 Å². The maximum Gasteiger partial charge on any atom is 0.253 e. The molecule has 0 spiro atoms. The number of unbranched alkanes of at least 4 members (excludes halogenated alkanes) is 1. The molecule has 1 saturated heterocycles. The Morgan fingerprint density at radius 1 is 1.30 bits per heavy atom. The second-order valence-electron chi connectivity index (χ2n) is 6.14. The second kappa shape index (κ2) is 8.67. The Labute approximate surface area is 138 Å². The van der Waals surface area contributed by atoms with E-state index in [1.807, 2.05) is 24.3 Å². The number of amides is 2. The van der Waals surface area contributed by atoms with Gasteiger partial charge in [-0.05, 0) is 37.0 Å². The summed E-state index contributed by atoms with van der Waals surface area (Å²) in [5.41, 5.74) is 7.25. The average molecular weight is 317 g/mol. The van der Waals surface area contributed by atoms with E-state index in [9.17, 15) is 9.59 Å². The first kappa shape index (κ1) is 17.5. The van der Waals surface area contributed by atoms with Crippen molar-refractivity contribution in [1.82, 2.24) is 10.2 Å². The van der Waals surface area contributed by atoms with Gasteiger partial charge in [-0.2, -0.15) is 0 Å². The lowest BCUT2D eigenvalue weighted by atomic mass is 9.96. The lowest BCUT2D eigenvalue weighted by molar-refractivity contribution is -0.126. The molecule has 0 aliphatic carbocycles. The molecule has 0 radical (unpaired) electrons. The highest BCUT2D eigenvalue weighted by molar-refractivity contribution is 5.94. The van der Waals surface area contributed by atoms with Gasteiger partial charge in [0.25, 0.3) is 5.91 Å². The number of nitrogens with two attached hydrogens (primary N) is 1. The zero-order valence-corrected chi connectivity index (χ0v) is 13.9. The van der Waals surface area contributed by atoms with E-state index < -0.39 is 0 Å². The van der Waals surface area contributed by atoms with Crippen LogP contribution in [0.1, 0.15) is 48.5 Å². The normalized spacial score (nSPS) is 17.8. The van der Waals surface area contributed by atoms with E-state index in [1.54, 1.807) is 4.90 Å². The number of nitrogens with zero attached hydrogens (tertiary/aromatic N) is 1. The van der Waals surface area contributed by atoms with Crippen LogP contribution in [0.25, 0.3) is 0 Å². The van der Waals surface area contributed by atoms with Crippen molar-refractivity contribution in [2.24, 2.45) is 11.7 Å². The molecule has 0 bridgehead atoms. The molecular weight excluding hydrogens is 290 g/mol. The van der Waals surface area contributed by atoms with Gasteiger partial charge in [0.2, 0.25) is 5.91 Å². The topological polar surface area (TPSA) is 75.4 Å². The van der Waals surface area contributed by atoms with E-state index in [0.717, 1.165) is 44.3 Å². The van der Waals surface area contributed by atoms with Crippen LogP contribution in [0.15, 0.2) is 24.3 Å². The second-order valence-corrected chi connectivity index (χ2v) is 6.14. The first-order valence-electron chi connectivity index (χ1n) is 8.51. The number of hydrogen-bond acceptors (Lipinski definition) is 3. The van der Waals surface area contributed by atoms with E-state index in [4.69, 9.17) is 5.73 Å². The number of carbonyl (C=O) groups is 2. The van der Waals surface area contributed by atoms with E-state index >= 15 is 0 Å². The number of carbonyl (C=O) groups excluding carboxylic acids is 2. The van der Waals surface area contributed by atoms with E-state index in [0.29, 0.717) is 18.7 Å². The molecule has 2 rings (SSSR count). The van der Waals surface area contributed by atoms with Gasteiger partial charge >= 0.3 is 0 Å². The zero-order chi connectivity index (χ0) is 16.7. The minimum Gasteiger partial charge on any atom is -0.356 e. The fourth-order valence-corrected chi connectivity index (χ4v) is 2.87. The van der Waals surface area contributed by atoms with Crippen LogP contribution >= 0.6 is 0 Å². The smallest absolute Gasteiger partial charge is 0.253 e. The minimum atomic E-state index is -0.0899. The molecule has 1 unspecified atom stereocenters. The van der Waals surface area contributed by atoms with Crippen LogP contribution < -0.4 is 11.1 Å². The molecule has 23 heavy (non-hydrogen) atoms. The van der Waals surface area contributed by atoms with Crippen LogP contribution in [0.2, 0.25) is 0 Å². The van der Waals surface area contributed by atoms with Crippen molar-refractivity contribution in [2.45, 2.75) is 39.2 Å². The number of benzene rings is 1. The molecule has 1 heterocycles. The Bertz CT molecular complexity index is 528. The Balaban J connectivity index is 1.94. The van der Waals surface area contributed by atoms with E-state index in [2.05, 4.69) is 12.2 Å². The number of nitrogens with one attached hydrogen (secondary N) is 1. The molecule has 5 heteroatoms. The third-order valence-corrected chi connectivity index (χ3v) is 4.35. The molecular formula is C18H27N3O2. The van der Waals surface area contributed by atoms with Crippen molar-refractivity contribution >= 4 is 11.8 Å². The zero-order valence-electron chi connectivity index (χ0n) is 13.9. The summed E-state index contributed by atoms with van der Waals surface area (Å²) in [6.07, 6.45) is 3.79. The monoisotopic (exact) mass is 317 g/mol. The van der Waals surface area contributed by atoms with Gasteiger partial charge < -0.3 is 16.0 Å². The van der Waals surface area contributed by atoms with Crippen LogP contribution in [-0.2, 0) is 11.3 Å². The summed E-state index contributed by atoms with van der Waals surface area (Å²) in [5.74, 6) is -0.0121. The summed E-state index contributed by atoms with van der Waals surface area (Å²) in [7, 11) is 0. The van der Waals surface area contributed by atoms with Gasteiger partial charge in [0.15, 0.2) is 0 Å². The molecule has 1 aliphatic heterocycles. The number of hydrogen-bond donors (Lipinski definition) is 2. The van der Waals surface area contributed by atoms with Gasteiger partial charge in [-0.1, -0.05) is 25.5 Å². The molecule has 0 saturated carbocycles. The first-order valence-corrected chi connectivity index (χ1v) is 8.51. The fraction of sp³-hybridized carbons (Fsp3) is 0.556. The van der Waals surface area contributed by atoms with Gasteiger partial charge in [0.05, 0.1) is 5.92 Å². The highest BCUT2D eigenvalue weighted by Gasteiger charge is 2.28. The van der Waals surface area contributed by atoms with Crippen molar-refractivity contribution in [2.75, 3.05) is 19.6 Å². The molecule has 0 aromatic heterocycles. The Kier molecular flexibility index (Phi) is 6.59.